The molecule has 0 radical (unpaired) electrons. The van der Waals surface area contributed by atoms with Gasteiger partial charge in [0.05, 0.1) is 0 Å². The number of nitrogens with one attached hydrogen (secondary N) is 3. The molecule has 6 nitrogen and oxygen atoms in total. The van der Waals surface area contributed by atoms with E-state index in [1.54, 1.807) is 0 Å². The Labute approximate surface area is 183 Å². The lowest BCUT2D eigenvalue weighted by atomic mass is 9.94. The van der Waals surface area contributed by atoms with Crippen molar-refractivity contribution in [1.82, 2.24) is 20.9 Å². The summed E-state index contributed by atoms with van der Waals surface area (Å²) in [6, 6.07) is 16.6. The summed E-state index contributed by atoms with van der Waals surface area (Å²) >= 11 is 0. The highest BCUT2D eigenvalue weighted by molar-refractivity contribution is 5.85. The Hall–Kier alpha value is -2.57. The molecule has 2 aliphatic rings. The number of hydrogen-bond donors (Lipinski definition) is 3. The molecule has 2 aromatic rings. The molecule has 3 N–H and O–H groups in total. The number of fused-ring (bicyclic) bond motifs is 2. The number of carbonyl (C=O) groups is 2. The van der Waals surface area contributed by atoms with Gasteiger partial charge in [0.1, 0.15) is 0 Å². The second kappa shape index (κ2) is 10.5. The van der Waals surface area contributed by atoms with Crippen LogP contribution in [0.2, 0.25) is 0 Å². The van der Waals surface area contributed by atoms with Crippen molar-refractivity contribution in [2.45, 2.75) is 31.8 Å². The number of hydrogen-bond acceptors (Lipinski definition) is 3. The van der Waals surface area contributed by atoms with E-state index in [0.29, 0.717) is 26.2 Å². The Morgan fingerprint density at radius 2 is 1.70 bits per heavy atom. The van der Waals surface area contributed by atoms with Crippen molar-refractivity contribution in [3.8, 4) is 0 Å². The summed E-state index contributed by atoms with van der Waals surface area (Å²) in [4.78, 5) is 26.4. The normalized spacial score (nSPS) is 17.2. The fourth-order valence-corrected chi connectivity index (χ4v) is 4.14. The summed E-state index contributed by atoms with van der Waals surface area (Å²) in [6.07, 6.45) is 2.18. The largest absolute Gasteiger partial charge is 0.354 e. The first-order valence-corrected chi connectivity index (χ1v) is 10.4. The number of carbonyl (C=O) groups excluding carboxylic acids is 2. The van der Waals surface area contributed by atoms with Crippen molar-refractivity contribution in [3.63, 3.8) is 0 Å². The van der Waals surface area contributed by atoms with Gasteiger partial charge in [0.15, 0.2) is 0 Å². The molecular weight excluding hydrogens is 400 g/mol. The summed E-state index contributed by atoms with van der Waals surface area (Å²) in [6.45, 7) is 3.17. The average Bonchev–Trinajstić information content (AvgIpc) is 2.77. The Morgan fingerprint density at radius 3 is 2.53 bits per heavy atom. The highest BCUT2D eigenvalue weighted by Gasteiger charge is 2.21. The lowest BCUT2D eigenvalue weighted by Crippen LogP contribution is -2.44. The van der Waals surface area contributed by atoms with Crippen molar-refractivity contribution in [2.75, 3.05) is 26.2 Å². The molecule has 1 unspecified atom stereocenters. The first-order valence-electron chi connectivity index (χ1n) is 10.4. The predicted octanol–water partition coefficient (Wildman–Crippen LogP) is 2.57. The van der Waals surface area contributed by atoms with Crippen LogP contribution in [0.1, 0.15) is 34.7 Å². The zero-order chi connectivity index (χ0) is 20.1. The first kappa shape index (κ1) is 22.1. The van der Waals surface area contributed by atoms with Crippen LogP contribution in [0.25, 0.3) is 0 Å². The molecule has 0 saturated heterocycles. The SMILES string of the molecule is Cl.O=C(CCNC(=O)N1CCc2ccccc2C1)NCC1NCCc2ccccc21. The minimum absolute atomic E-state index is 0. The minimum atomic E-state index is -0.102. The van der Waals surface area contributed by atoms with Gasteiger partial charge >= 0.3 is 6.03 Å². The van der Waals surface area contributed by atoms with Gasteiger partial charge in [-0.2, -0.15) is 0 Å². The third-order valence-electron chi connectivity index (χ3n) is 5.77. The van der Waals surface area contributed by atoms with Crippen LogP contribution < -0.4 is 16.0 Å². The van der Waals surface area contributed by atoms with Gasteiger partial charge in [0.2, 0.25) is 5.91 Å². The van der Waals surface area contributed by atoms with Gasteiger partial charge in [-0.15, -0.1) is 12.4 Å². The third kappa shape index (κ3) is 5.32. The average molecular weight is 429 g/mol. The molecule has 4 rings (SSSR count). The number of nitrogens with zero attached hydrogens (tertiary/aromatic N) is 1. The van der Waals surface area contributed by atoms with Gasteiger partial charge in [0, 0.05) is 38.6 Å². The predicted molar refractivity (Wildman–Crippen MR) is 120 cm³/mol. The van der Waals surface area contributed by atoms with Crippen molar-refractivity contribution in [3.05, 3.63) is 70.8 Å². The fourth-order valence-electron chi connectivity index (χ4n) is 4.14. The molecule has 2 heterocycles. The van der Waals surface area contributed by atoms with E-state index in [1.165, 1.54) is 22.3 Å². The van der Waals surface area contributed by atoms with E-state index in [9.17, 15) is 9.59 Å². The van der Waals surface area contributed by atoms with E-state index in [4.69, 9.17) is 0 Å². The number of urea groups is 1. The highest BCUT2D eigenvalue weighted by Crippen LogP contribution is 2.22. The summed E-state index contributed by atoms with van der Waals surface area (Å²) in [5.41, 5.74) is 5.12. The van der Waals surface area contributed by atoms with Crippen LogP contribution in [-0.2, 0) is 24.2 Å². The maximum absolute atomic E-state index is 12.4. The summed E-state index contributed by atoms with van der Waals surface area (Å²) in [5.74, 6) is -0.0425. The van der Waals surface area contributed by atoms with Gasteiger partial charge in [-0.25, -0.2) is 4.79 Å². The first-order chi connectivity index (χ1) is 14.2. The van der Waals surface area contributed by atoms with Crippen LogP contribution >= 0.6 is 12.4 Å². The van der Waals surface area contributed by atoms with Gasteiger partial charge in [-0.3, -0.25) is 4.79 Å². The number of halogens is 1. The van der Waals surface area contributed by atoms with E-state index >= 15 is 0 Å². The molecule has 160 valence electrons. The van der Waals surface area contributed by atoms with E-state index < -0.39 is 0 Å². The molecule has 0 saturated carbocycles. The zero-order valence-corrected chi connectivity index (χ0v) is 17.8. The Morgan fingerprint density at radius 1 is 0.967 bits per heavy atom. The molecule has 2 aliphatic heterocycles. The van der Waals surface area contributed by atoms with E-state index in [-0.39, 0.29) is 36.8 Å². The highest BCUT2D eigenvalue weighted by atomic mass is 35.5. The zero-order valence-electron chi connectivity index (χ0n) is 17.0. The number of rotatable bonds is 5. The van der Waals surface area contributed by atoms with Crippen LogP contribution in [0, 0.1) is 0 Å². The number of benzene rings is 2. The second-order valence-electron chi connectivity index (χ2n) is 7.68. The standard InChI is InChI=1S/C23H28N4O2.ClH/c28-22(26-15-21-20-8-4-3-6-18(20)9-12-24-21)10-13-25-23(29)27-14-11-17-5-1-2-7-19(17)16-27;/h1-8,21,24H,9-16H2,(H,25,29)(H,26,28);1H. The molecule has 0 spiro atoms. The lowest BCUT2D eigenvalue weighted by molar-refractivity contribution is -0.121. The maximum Gasteiger partial charge on any atom is 0.317 e. The second-order valence-corrected chi connectivity index (χ2v) is 7.68. The van der Waals surface area contributed by atoms with Gasteiger partial charge < -0.3 is 20.9 Å². The third-order valence-corrected chi connectivity index (χ3v) is 5.77. The van der Waals surface area contributed by atoms with Gasteiger partial charge in [-0.1, -0.05) is 48.5 Å². The molecule has 0 fully saturated rings. The van der Waals surface area contributed by atoms with Gasteiger partial charge in [0.25, 0.3) is 0 Å². The quantitative estimate of drug-likeness (QED) is 0.685. The van der Waals surface area contributed by atoms with Crippen LogP contribution in [-0.4, -0.2) is 43.0 Å². The Balaban J connectivity index is 0.00000256. The minimum Gasteiger partial charge on any atom is -0.354 e. The Bertz CT molecular complexity index is 889. The van der Waals surface area contributed by atoms with Crippen LogP contribution in [0.3, 0.4) is 0 Å². The fraction of sp³-hybridized carbons (Fsp3) is 0.391. The van der Waals surface area contributed by atoms with Crippen LogP contribution in [0.5, 0.6) is 0 Å². The van der Waals surface area contributed by atoms with Gasteiger partial charge in [-0.05, 0) is 41.6 Å². The molecule has 30 heavy (non-hydrogen) atoms. The molecular formula is C23H29ClN4O2. The van der Waals surface area contributed by atoms with Crippen LogP contribution in [0.4, 0.5) is 4.79 Å². The lowest BCUT2D eigenvalue weighted by Gasteiger charge is -2.29. The molecule has 7 heteroatoms. The van der Waals surface area contributed by atoms with Crippen molar-refractivity contribution in [1.29, 1.82) is 0 Å². The van der Waals surface area contributed by atoms with E-state index in [0.717, 1.165) is 19.4 Å². The van der Waals surface area contributed by atoms with Crippen molar-refractivity contribution < 1.29 is 9.59 Å². The van der Waals surface area contributed by atoms with Crippen molar-refractivity contribution in [2.24, 2.45) is 0 Å². The summed E-state index contributed by atoms with van der Waals surface area (Å²) < 4.78 is 0. The van der Waals surface area contributed by atoms with Crippen molar-refractivity contribution >= 4 is 24.3 Å². The molecule has 3 amide bonds. The summed E-state index contributed by atoms with van der Waals surface area (Å²) in [7, 11) is 0. The number of amides is 3. The smallest absolute Gasteiger partial charge is 0.317 e. The Kier molecular flexibility index (Phi) is 7.71. The monoisotopic (exact) mass is 428 g/mol. The molecule has 0 aromatic heterocycles. The van der Waals surface area contributed by atoms with E-state index in [1.807, 2.05) is 23.1 Å². The maximum atomic E-state index is 12.4. The van der Waals surface area contributed by atoms with E-state index in [2.05, 4.69) is 46.3 Å². The van der Waals surface area contributed by atoms with Crippen LogP contribution in [0.15, 0.2) is 48.5 Å². The summed E-state index contributed by atoms with van der Waals surface area (Å²) in [5, 5.41) is 9.34. The molecule has 2 aromatic carbocycles. The molecule has 1 atom stereocenters. The topological polar surface area (TPSA) is 73.5 Å². The molecule has 0 bridgehead atoms. The molecule has 0 aliphatic carbocycles.